The largest absolute Gasteiger partial charge is 0.400 e. The zero-order valence-electron chi connectivity index (χ0n) is 7.96. The minimum Gasteiger partial charge on any atom is -0.400 e. The van der Waals surface area contributed by atoms with Crippen LogP contribution in [-0.4, -0.2) is 12.2 Å². The van der Waals surface area contributed by atoms with Gasteiger partial charge in [0.2, 0.25) is 0 Å². The van der Waals surface area contributed by atoms with Crippen molar-refractivity contribution < 1.29 is 5.11 Å². The number of hydrogen-bond acceptors (Lipinski definition) is 2. The van der Waals surface area contributed by atoms with Crippen LogP contribution in [0, 0.1) is 6.92 Å². The Morgan fingerprint density at radius 2 is 1.92 bits per heavy atom. The van der Waals surface area contributed by atoms with E-state index in [0.717, 1.165) is 19.2 Å². The Balaban J connectivity index is 0.000000561. The van der Waals surface area contributed by atoms with E-state index in [0.29, 0.717) is 0 Å². The van der Waals surface area contributed by atoms with Crippen LogP contribution in [0.15, 0.2) is 18.2 Å². The molecule has 68 valence electrons. The van der Waals surface area contributed by atoms with Crippen molar-refractivity contribution >= 4 is 5.69 Å². The molecule has 0 aliphatic carbocycles. The van der Waals surface area contributed by atoms with Crippen molar-refractivity contribution in [2.45, 2.75) is 20.3 Å². The molecule has 0 heterocycles. The summed E-state index contributed by atoms with van der Waals surface area (Å²) in [6.45, 7) is 4.25. The van der Waals surface area contributed by atoms with E-state index in [9.17, 15) is 0 Å². The summed E-state index contributed by atoms with van der Waals surface area (Å²) in [6.07, 6.45) is 1.07. The van der Waals surface area contributed by atoms with Crippen molar-refractivity contribution in [3.8, 4) is 0 Å². The van der Waals surface area contributed by atoms with E-state index >= 15 is 0 Å². The van der Waals surface area contributed by atoms with Crippen LogP contribution in [0.25, 0.3) is 0 Å². The highest BCUT2D eigenvalue weighted by molar-refractivity contribution is 5.44. The molecular weight excluding hydrogens is 150 g/mol. The van der Waals surface area contributed by atoms with E-state index in [4.69, 9.17) is 10.8 Å². The highest BCUT2D eigenvalue weighted by atomic mass is 16.2. The topological polar surface area (TPSA) is 46.2 Å². The predicted molar refractivity (Wildman–Crippen MR) is 53.1 cm³/mol. The second kappa shape index (κ2) is 5.61. The Morgan fingerprint density at radius 3 is 2.33 bits per heavy atom. The van der Waals surface area contributed by atoms with Gasteiger partial charge in [0.1, 0.15) is 0 Å². The van der Waals surface area contributed by atoms with Crippen LogP contribution in [0.1, 0.15) is 18.1 Å². The molecule has 0 fully saturated rings. The first-order valence-electron chi connectivity index (χ1n) is 4.03. The molecule has 2 heteroatoms. The maximum absolute atomic E-state index is 7.00. The Morgan fingerprint density at radius 1 is 1.33 bits per heavy atom. The lowest BCUT2D eigenvalue weighted by molar-refractivity contribution is 0.399. The maximum atomic E-state index is 7.00. The molecule has 2 nitrogen and oxygen atoms in total. The van der Waals surface area contributed by atoms with Crippen molar-refractivity contribution in [3.63, 3.8) is 0 Å². The summed E-state index contributed by atoms with van der Waals surface area (Å²) in [4.78, 5) is 0. The number of rotatable bonds is 1. The first kappa shape index (κ1) is 11.0. The molecular formula is C10H17NO. The van der Waals surface area contributed by atoms with Crippen molar-refractivity contribution in [1.82, 2.24) is 0 Å². The molecule has 1 rings (SSSR count). The molecule has 12 heavy (non-hydrogen) atoms. The van der Waals surface area contributed by atoms with Gasteiger partial charge in [0.15, 0.2) is 0 Å². The molecule has 1 aromatic rings. The Kier molecular flexibility index (Phi) is 5.13. The summed E-state index contributed by atoms with van der Waals surface area (Å²) in [6, 6.07) is 6.04. The fourth-order valence-electron chi connectivity index (χ4n) is 1.07. The first-order valence-corrected chi connectivity index (χ1v) is 4.03. The molecule has 0 aliphatic rings. The molecule has 0 unspecified atom stereocenters. The van der Waals surface area contributed by atoms with Gasteiger partial charge in [-0.3, -0.25) is 0 Å². The molecule has 0 aromatic heterocycles. The van der Waals surface area contributed by atoms with Gasteiger partial charge in [-0.15, -0.1) is 0 Å². The Labute approximate surface area is 74.0 Å². The number of aryl methyl sites for hydroxylation is 2. The fourth-order valence-corrected chi connectivity index (χ4v) is 1.07. The lowest BCUT2D eigenvalue weighted by Crippen LogP contribution is -1.90. The van der Waals surface area contributed by atoms with Crippen LogP contribution >= 0.6 is 0 Å². The van der Waals surface area contributed by atoms with E-state index in [1.165, 1.54) is 11.1 Å². The monoisotopic (exact) mass is 167 g/mol. The van der Waals surface area contributed by atoms with Crippen molar-refractivity contribution in [2.24, 2.45) is 0 Å². The number of aliphatic hydroxyl groups excluding tert-OH is 1. The number of anilines is 1. The summed E-state index contributed by atoms with van der Waals surface area (Å²) in [5.41, 5.74) is 9.14. The third-order valence-electron chi connectivity index (χ3n) is 1.75. The van der Waals surface area contributed by atoms with Crippen LogP contribution in [0.2, 0.25) is 0 Å². The minimum atomic E-state index is 0.863. The standard InChI is InChI=1S/C9H13N.CH4O/c1-3-8-6-9(10)5-4-7(8)2;1-2/h4-6H,3,10H2,1-2H3;2H,1H3. The van der Waals surface area contributed by atoms with Gasteiger partial charge in [0.25, 0.3) is 0 Å². The summed E-state index contributed by atoms with van der Waals surface area (Å²) >= 11 is 0. The highest BCUT2D eigenvalue weighted by Gasteiger charge is 1.93. The van der Waals surface area contributed by atoms with Crippen LogP contribution in [0.5, 0.6) is 0 Å². The number of hydrogen-bond donors (Lipinski definition) is 2. The predicted octanol–water partition coefficient (Wildman–Crippen LogP) is 1.75. The van der Waals surface area contributed by atoms with Gasteiger partial charge in [-0.1, -0.05) is 13.0 Å². The molecule has 0 spiro atoms. The molecule has 0 bridgehead atoms. The van der Waals surface area contributed by atoms with Gasteiger partial charge in [-0.25, -0.2) is 0 Å². The molecule has 3 N–H and O–H groups in total. The van der Waals surface area contributed by atoms with E-state index < -0.39 is 0 Å². The number of nitrogens with two attached hydrogens (primary N) is 1. The van der Waals surface area contributed by atoms with Crippen LogP contribution in [0.4, 0.5) is 5.69 Å². The highest BCUT2D eigenvalue weighted by Crippen LogP contribution is 2.12. The third kappa shape index (κ3) is 2.93. The second-order valence-corrected chi connectivity index (χ2v) is 2.54. The zero-order valence-corrected chi connectivity index (χ0v) is 7.96. The molecule has 0 saturated carbocycles. The van der Waals surface area contributed by atoms with Crippen LogP contribution < -0.4 is 5.73 Å². The van der Waals surface area contributed by atoms with Crippen LogP contribution in [0.3, 0.4) is 0 Å². The lowest BCUT2D eigenvalue weighted by atomic mass is 10.1. The first-order chi connectivity index (χ1) is 5.74. The van der Waals surface area contributed by atoms with Gasteiger partial charge < -0.3 is 10.8 Å². The fraction of sp³-hybridized carbons (Fsp3) is 0.400. The molecule has 0 amide bonds. The molecule has 0 saturated heterocycles. The minimum absolute atomic E-state index is 0.863. The van der Waals surface area contributed by atoms with E-state index in [1.54, 1.807) is 0 Å². The average molecular weight is 167 g/mol. The lowest BCUT2D eigenvalue weighted by Gasteiger charge is -2.02. The number of nitrogen functional groups attached to an aromatic ring is 1. The normalized spacial score (nSPS) is 8.67. The smallest absolute Gasteiger partial charge is 0.0319 e. The van der Waals surface area contributed by atoms with Gasteiger partial charge in [-0.2, -0.15) is 0 Å². The number of benzene rings is 1. The molecule has 0 atom stereocenters. The quantitative estimate of drug-likeness (QED) is 0.626. The summed E-state index contributed by atoms with van der Waals surface area (Å²) in [5, 5.41) is 7.00. The maximum Gasteiger partial charge on any atom is 0.0319 e. The molecule has 1 aromatic carbocycles. The summed E-state index contributed by atoms with van der Waals surface area (Å²) in [7, 11) is 1.00. The number of aliphatic hydroxyl groups is 1. The van der Waals surface area contributed by atoms with Crippen molar-refractivity contribution in [2.75, 3.05) is 12.8 Å². The van der Waals surface area contributed by atoms with Crippen LogP contribution in [-0.2, 0) is 6.42 Å². The van der Waals surface area contributed by atoms with Gasteiger partial charge in [0.05, 0.1) is 0 Å². The third-order valence-corrected chi connectivity index (χ3v) is 1.75. The van der Waals surface area contributed by atoms with Gasteiger partial charge in [-0.05, 0) is 36.6 Å². The van der Waals surface area contributed by atoms with E-state index in [1.807, 2.05) is 12.1 Å². The van der Waals surface area contributed by atoms with Gasteiger partial charge in [0, 0.05) is 12.8 Å². The summed E-state index contributed by atoms with van der Waals surface area (Å²) in [5.74, 6) is 0. The molecule has 0 aliphatic heterocycles. The average Bonchev–Trinajstić information content (AvgIpc) is 2.13. The van der Waals surface area contributed by atoms with Crippen molar-refractivity contribution in [1.29, 1.82) is 0 Å². The van der Waals surface area contributed by atoms with Crippen molar-refractivity contribution in [3.05, 3.63) is 29.3 Å². The Hall–Kier alpha value is -1.02. The van der Waals surface area contributed by atoms with E-state index in [2.05, 4.69) is 19.9 Å². The Bertz CT molecular complexity index is 233. The van der Waals surface area contributed by atoms with Gasteiger partial charge >= 0.3 is 0 Å². The SMILES string of the molecule is CCc1cc(N)ccc1C.CO. The van der Waals surface area contributed by atoms with E-state index in [-0.39, 0.29) is 0 Å². The zero-order chi connectivity index (χ0) is 9.56. The summed E-state index contributed by atoms with van der Waals surface area (Å²) < 4.78 is 0. The molecule has 0 radical (unpaired) electrons. The second-order valence-electron chi connectivity index (χ2n) is 2.54.